The lowest BCUT2D eigenvalue weighted by Crippen LogP contribution is -2.40. The maximum atomic E-state index is 13.5. The van der Waals surface area contributed by atoms with E-state index in [-0.39, 0.29) is 10.8 Å². The van der Waals surface area contributed by atoms with Crippen LogP contribution in [0.1, 0.15) is 21.7 Å². The number of carbonyl (C=O) groups is 1. The first-order valence-electron chi connectivity index (χ1n) is 12.7. The zero-order chi connectivity index (χ0) is 27.0. The molecule has 9 nitrogen and oxygen atoms in total. The molecule has 39 heavy (non-hydrogen) atoms. The van der Waals surface area contributed by atoms with E-state index in [0.29, 0.717) is 45.1 Å². The quantitative estimate of drug-likeness (QED) is 0.376. The lowest BCUT2D eigenvalue weighted by atomic mass is 9.98. The molecule has 11 heteroatoms. The van der Waals surface area contributed by atoms with Crippen LogP contribution in [0.3, 0.4) is 0 Å². The predicted molar refractivity (Wildman–Crippen MR) is 150 cm³/mol. The smallest absolute Gasteiger partial charge is 0.264 e. The molecule has 0 radical (unpaired) electrons. The van der Waals surface area contributed by atoms with Gasteiger partial charge in [-0.05, 0) is 47.2 Å². The number of fused-ring (bicyclic) bond motifs is 1. The molecule has 0 saturated carbocycles. The van der Waals surface area contributed by atoms with Crippen LogP contribution in [0.4, 0.5) is 0 Å². The average Bonchev–Trinajstić information content (AvgIpc) is 3.67. The number of aromatic nitrogens is 2. The highest BCUT2D eigenvalue weighted by molar-refractivity contribution is 7.89. The van der Waals surface area contributed by atoms with E-state index in [1.54, 1.807) is 18.3 Å². The van der Waals surface area contributed by atoms with Crippen LogP contribution in [0, 0.1) is 0 Å². The molecule has 1 N–H and O–H groups in total. The number of ether oxygens (including phenoxy) is 2. The number of nitrogens with one attached hydrogen (secondary N) is 1. The summed E-state index contributed by atoms with van der Waals surface area (Å²) in [5.74, 6) is 0.362. The number of carbonyl (C=O) groups excluding carboxylic acids is 1. The summed E-state index contributed by atoms with van der Waals surface area (Å²) < 4.78 is 39.1. The first kappa shape index (κ1) is 25.8. The van der Waals surface area contributed by atoms with Crippen LogP contribution >= 0.6 is 11.3 Å². The van der Waals surface area contributed by atoms with Gasteiger partial charge in [0, 0.05) is 55.1 Å². The van der Waals surface area contributed by atoms with E-state index in [1.807, 2.05) is 40.7 Å². The second-order valence-corrected chi connectivity index (χ2v) is 12.3. The third-order valence-corrected chi connectivity index (χ3v) is 9.97. The second kappa shape index (κ2) is 10.6. The van der Waals surface area contributed by atoms with Crippen molar-refractivity contribution < 1.29 is 22.7 Å². The van der Waals surface area contributed by atoms with Crippen molar-refractivity contribution in [1.29, 1.82) is 0 Å². The van der Waals surface area contributed by atoms with Crippen LogP contribution in [0.15, 0.2) is 65.1 Å². The summed E-state index contributed by atoms with van der Waals surface area (Å²) in [5, 5.41) is 2.86. The Bertz CT molecular complexity index is 1650. The zero-order valence-electron chi connectivity index (χ0n) is 21.4. The van der Waals surface area contributed by atoms with Crippen LogP contribution in [-0.2, 0) is 14.8 Å². The van der Waals surface area contributed by atoms with Crippen molar-refractivity contribution in [1.82, 2.24) is 19.2 Å². The number of benzene rings is 1. The molecule has 0 atom stereocenters. The summed E-state index contributed by atoms with van der Waals surface area (Å²) in [6, 6.07) is 11.0. The largest absolute Gasteiger partial charge is 0.495 e. The van der Waals surface area contributed by atoms with Gasteiger partial charge in [0.25, 0.3) is 5.91 Å². The van der Waals surface area contributed by atoms with E-state index in [0.717, 1.165) is 44.6 Å². The van der Waals surface area contributed by atoms with Gasteiger partial charge in [-0.25, -0.2) is 13.4 Å². The van der Waals surface area contributed by atoms with E-state index in [4.69, 9.17) is 9.47 Å². The minimum atomic E-state index is -3.76. The van der Waals surface area contributed by atoms with Gasteiger partial charge in [0.1, 0.15) is 16.3 Å². The van der Waals surface area contributed by atoms with E-state index in [1.165, 1.54) is 22.8 Å². The van der Waals surface area contributed by atoms with Gasteiger partial charge in [-0.2, -0.15) is 4.31 Å². The summed E-state index contributed by atoms with van der Waals surface area (Å²) in [6.07, 6.45) is 6.53. The van der Waals surface area contributed by atoms with Crippen LogP contribution in [-0.4, -0.2) is 80.0 Å². The number of aromatic amines is 1. The number of hydrogen-bond donors (Lipinski definition) is 1. The van der Waals surface area contributed by atoms with Crippen molar-refractivity contribution in [2.45, 2.75) is 11.3 Å². The Labute approximate surface area is 230 Å². The molecule has 0 bridgehead atoms. The molecule has 5 heterocycles. The van der Waals surface area contributed by atoms with Gasteiger partial charge >= 0.3 is 0 Å². The molecule has 3 aromatic heterocycles. The molecule has 0 spiro atoms. The van der Waals surface area contributed by atoms with Crippen LogP contribution < -0.4 is 4.74 Å². The van der Waals surface area contributed by atoms with Crippen LogP contribution in [0.5, 0.6) is 5.75 Å². The standard InChI is InChI=1S/C28H28N4O5S2/c1-36-24-5-4-20(16-26(24)39(34,35)32-10-12-37-13-11-32)21-15-22-23(18-30-27(22)29-17-21)19-6-8-31(9-7-19)28(33)25-3-2-14-38-25/h2-6,14-18H,7-13H2,1H3,(H,29,30). The molecule has 1 fully saturated rings. The van der Waals surface area contributed by atoms with Gasteiger partial charge < -0.3 is 19.4 Å². The number of morpholine rings is 1. The molecule has 202 valence electrons. The Hall–Kier alpha value is -3.51. The van der Waals surface area contributed by atoms with E-state index < -0.39 is 10.0 Å². The Morgan fingerprint density at radius 1 is 1.13 bits per heavy atom. The van der Waals surface area contributed by atoms with Crippen molar-refractivity contribution in [2.24, 2.45) is 0 Å². The highest BCUT2D eigenvalue weighted by Gasteiger charge is 2.30. The van der Waals surface area contributed by atoms with Gasteiger partial charge in [0.05, 0.1) is 25.2 Å². The summed E-state index contributed by atoms with van der Waals surface area (Å²) >= 11 is 1.46. The lowest BCUT2D eigenvalue weighted by Gasteiger charge is -2.27. The van der Waals surface area contributed by atoms with Crippen molar-refractivity contribution in [3.8, 4) is 16.9 Å². The molecule has 6 rings (SSSR count). The highest BCUT2D eigenvalue weighted by atomic mass is 32.2. The Balaban J connectivity index is 1.31. The van der Waals surface area contributed by atoms with E-state index >= 15 is 0 Å². The summed E-state index contributed by atoms with van der Waals surface area (Å²) in [4.78, 5) is 23.4. The van der Waals surface area contributed by atoms with Crippen molar-refractivity contribution in [3.05, 3.63) is 70.7 Å². The van der Waals surface area contributed by atoms with E-state index in [9.17, 15) is 13.2 Å². The van der Waals surface area contributed by atoms with Crippen molar-refractivity contribution in [3.63, 3.8) is 0 Å². The monoisotopic (exact) mass is 564 g/mol. The molecule has 0 aliphatic carbocycles. The number of hydrogen-bond acceptors (Lipinski definition) is 7. The molecule has 2 aliphatic heterocycles. The molecule has 0 unspecified atom stereocenters. The number of thiophene rings is 1. The van der Waals surface area contributed by atoms with Gasteiger partial charge in [0.15, 0.2) is 0 Å². The minimum absolute atomic E-state index is 0.0607. The molecule has 1 amide bonds. The maximum absolute atomic E-state index is 13.5. The fourth-order valence-electron chi connectivity index (χ4n) is 5.07. The number of methoxy groups -OCH3 is 1. The minimum Gasteiger partial charge on any atom is -0.495 e. The molecule has 2 aliphatic rings. The molecule has 1 aromatic carbocycles. The third-order valence-electron chi connectivity index (χ3n) is 7.19. The molecule has 1 saturated heterocycles. The fraction of sp³-hybridized carbons (Fsp3) is 0.286. The average molecular weight is 565 g/mol. The SMILES string of the molecule is COc1ccc(-c2cnc3[nH]cc(C4=CCN(C(=O)c5cccs5)CC4)c3c2)cc1S(=O)(=O)N1CCOCC1. The molecular formula is C28H28N4O5S2. The number of sulfonamides is 1. The Morgan fingerprint density at radius 3 is 2.69 bits per heavy atom. The summed E-state index contributed by atoms with van der Waals surface area (Å²) in [7, 11) is -2.29. The third kappa shape index (κ3) is 4.87. The predicted octanol–water partition coefficient (Wildman–Crippen LogP) is 4.25. The van der Waals surface area contributed by atoms with Gasteiger partial charge in [0.2, 0.25) is 10.0 Å². The lowest BCUT2D eigenvalue weighted by molar-refractivity contribution is 0.0729. The second-order valence-electron chi connectivity index (χ2n) is 9.41. The van der Waals surface area contributed by atoms with Crippen LogP contribution in [0.2, 0.25) is 0 Å². The highest BCUT2D eigenvalue weighted by Crippen LogP contribution is 2.35. The number of H-pyrrole nitrogens is 1. The summed E-state index contributed by atoms with van der Waals surface area (Å²) in [5.41, 5.74) is 4.48. The number of amides is 1. The maximum Gasteiger partial charge on any atom is 0.264 e. The van der Waals surface area contributed by atoms with Crippen LogP contribution in [0.25, 0.3) is 27.7 Å². The van der Waals surface area contributed by atoms with Crippen molar-refractivity contribution in [2.75, 3.05) is 46.5 Å². The van der Waals surface area contributed by atoms with Gasteiger partial charge in [-0.1, -0.05) is 18.2 Å². The Morgan fingerprint density at radius 2 is 1.97 bits per heavy atom. The van der Waals surface area contributed by atoms with Gasteiger partial charge in [-0.15, -0.1) is 11.3 Å². The first-order valence-corrected chi connectivity index (χ1v) is 15.0. The first-order chi connectivity index (χ1) is 19.0. The number of nitrogens with zero attached hydrogens (tertiary/aromatic N) is 3. The summed E-state index contributed by atoms with van der Waals surface area (Å²) in [6.45, 7) is 2.54. The van der Waals surface area contributed by atoms with Crippen molar-refractivity contribution >= 4 is 43.9 Å². The zero-order valence-corrected chi connectivity index (χ0v) is 23.1. The van der Waals surface area contributed by atoms with Gasteiger partial charge in [-0.3, -0.25) is 4.79 Å². The normalized spacial score (nSPS) is 16.8. The number of pyridine rings is 1. The molecule has 4 aromatic rings. The topological polar surface area (TPSA) is 105 Å². The number of rotatable bonds is 6. The fourth-order valence-corrected chi connectivity index (χ4v) is 7.35. The Kier molecular flexibility index (Phi) is 6.98. The molecular weight excluding hydrogens is 536 g/mol. The van der Waals surface area contributed by atoms with E-state index in [2.05, 4.69) is 16.0 Å².